The summed E-state index contributed by atoms with van der Waals surface area (Å²) in [7, 11) is 0. The molecule has 0 saturated heterocycles. The highest BCUT2D eigenvalue weighted by Gasteiger charge is 2.37. The van der Waals surface area contributed by atoms with Gasteiger partial charge in [-0.1, -0.05) is 30.3 Å². The summed E-state index contributed by atoms with van der Waals surface area (Å²) in [5.74, 6) is -0.478. The lowest BCUT2D eigenvalue weighted by molar-refractivity contribution is -0.164. The largest absolute Gasteiger partial charge is 0.459 e. The summed E-state index contributed by atoms with van der Waals surface area (Å²) in [6.45, 7) is 6.18. The summed E-state index contributed by atoms with van der Waals surface area (Å²) >= 11 is 0. The zero-order valence-corrected chi connectivity index (χ0v) is 13.1. The van der Waals surface area contributed by atoms with Crippen molar-refractivity contribution in [3.05, 3.63) is 35.9 Å². The third-order valence-corrected chi connectivity index (χ3v) is 2.87. The smallest absolute Gasteiger partial charge is 0.329 e. The van der Waals surface area contributed by atoms with E-state index in [1.807, 2.05) is 30.3 Å². The Morgan fingerprint density at radius 1 is 1.19 bits per heavy atom. The molecule has 0 spiro atoms. The van der Waals surface area contributed by atoms with Crippen molar-refractivity contribution in [1.82, 2.24) is 0 Å². The van der Waals surface area contributed by atoms with E-state index >= 15 is 0 Å². The van der Waals surface area contributed by atoms with Crippen molar-refractivity contribution in [2.75, 3.05) is 13.2 Å². The van der Waals surface area contributed by atoms with Crippen molar-refractivity contribution in [3.63, 3.8) is 0 Å². The van der Waals surface area contributed by atoms with Crippen molar-refractivity contribution in [1.29, 1.82) is 0 Å². The third-order valence-electron chi connectivity index (χ3n) is 2.87. The molecule has 0 heterocycles. The van der Waals surface area contributed by atoms with E-state index in [1.54, 1.807) is 20.8 Å². The van der Waals surface area contributed by atoms with Crippen LogP contribution in [-0.4, -0.2) is 30.3 Å². The lowest BCUT2D eigenvalue weighted by Gasteiger charge is -2.30. The quantitative estimate of drug-likeness (QED) is 0.746. The van der Waals surface area contributed by atoms with Crippen LogP contribution in [0, 0.1) is 0 Å². The van der Waals surface area contributed by atoms with E-state index < -0.39 is 17.1 Å². The van der Waals surface area contributed by atoms with Crippen LogP contribution in [0.2, 0.25) is 0 Å². The summed E-state index contributed by atoms with van der Waals surface area (Å²) in [6, 6.07) is 9.71. The number of carbonyl (C=O) groups excluding carboxylic acids is 1. The van der Waals surface area contributed by atoms with E-state index in [2.05, 4.69) is 0 Å². The highest BCUT2D eigenvalue weighted by Crippen LogP contribution is 2.16. The minimum atomic E-state index is -1.21. The van der Waals surface area contributed by atoms with Gasteiger partial charge >= 0.3 is 5.97 Å². The van der Waals surface area contributed by atoms with Gasteiger partial charge in [-0.15, -0.1) is 0 Å². The molecule has 0 bridgehead atoms. The molecule has 0 aliphatic carbocycles. The van der Waals surface area contributed by atoms with Gasteiger partial charge in [-0.25, -0.2) is 4.79 Å². The Bertz CT molecular complexity index is 443. The molecule has 1 atom stereocenters. The first kappa shape index (κ1) is 17.6. The summed E-state index contributed by atoms with van der Waals surface area (Å²) in [4.78, 5) is 12.2. The van der Waals surface area contributed by atoms with E-state index in [0.717, 1.165) is 5.56 Å². The highest BCUT2D eigenvalue weighted by molar-refractivity contribution is 5.81. The Morgan fingerprint density at radius 2 is 1.81 bits per heavy atom. The van der Waals surface area contributed by atoms with Crippen molar-refractivity contribution in [3.8, 4) is 0 Å². The van der Waals surface area contributed by atoms with E-state index in [9.17, 15) is 4.79 Å². The van der Waals surface area contributed by atoms with Crippen LogP contribution in [0.1, 0.15) is 32.8 Å². The molecule has 118 valence electrons. The molecule has 0 aliphatic heterocycles. The average molecular weight is 294 g/mol. The first-order valence-corrected chi connectivity index (χ1v) is 7.11. The Kier molecular flexibility index (Phi) is 6.33. The molecule has 5 nitrogen and oxygen atoms in total. The van der Waals surface area contributed by atoms with Gasteiger partial charge in [0.15, 0.2) is 0 Å². The Labute approximate surface area is 126 Å². The fourth-order valence-electron chi connectivity index (χ4n) is 1.80. The van der Waals surface area contributed by atoms with E-state index in [1.165, 1.54) is 0 Å². The number of nitrogens with two attached hydrogens (primary N) is 2. The molecule has 1 aromatic carbocycles. The van der Waals surface area contributed by atoms with Crippen LogP contribution in [0.25, 0.3) is 0 Å². The zero-order valence-electron chi connectivity index (χ0n) is 13.1. The molecule has 0 radical (unpaired) electrons. The molecule has 0 fully saturated rings. The number of esters is 1. The Hall–Kier alpha value is -1.43. The number of rotatable bonds is 7. The summed E-state index contributed by atoms with van der Waals surface area (Å²) in [5, 5.41) is 0. The van der Waals surface area contributed by atoms with E-state index in [-0.39, 0.29) is 6.61 Å². The van der Waals surface area contributed by atoms with Gasteiger partial charge in [0.25, 0.3) is 0 Å². The monoisotopic (exact) mass is 294 g/mol. The maximum absolute atomic E-state index is 12.2. The maximum Gasteiger partial charge on any atom is 0.329 e. The molecule has 21 heavy (non-hydrogen) atoms. The van der Waals surface area contributed by atoms with Crippen LogP contribution in [0.15, 0.2) is 30.3 Å². The molecular formula is C16H26N2O3. The summed E-state index contributed by atoms with van der Waals surface area (Å²) in [6.07, 6.45) is 0.316. The SMILES string of the molecule is CC(C)(C)OC(=O)C(N)(CCN)COCc1ccccc1. The van der Waals surface area contributed by atoms with Gasteiger partial charge in [0.1, 0.15) is 11.1 Å². The minimum absolute atomic E-state index is 0.0774. The standard InChI is InChI=1S/C16H26N2O3/c1-15(2,3)21-14(19)16(18,9-10-17)12-20-11-13-7-5-4-6-8-13/h4-8H,9-12,17-18H2,1-3H3. The predicted molar refractivity (Wildman–Crippen MR) is 82.5 cm³/mol. The molecule has 1 rings (SSSR count). The van der Waals surface area contributed by atoms with Gasteiger partial charge < -0.3 is 20.9 Å². The number of carbonyl (C=O) groups is 1. The normalized spacial score (nSPS) is 14.5. The van der Waals surface area contributed by atoms with Crippen LogP contribution in [-0.2, 0) is 20.9 Å². The fraction of sp³-hybridized carbons (Fsp3) is 0.562. The molecule has 1 aromatic rings. The van der Waals surface area contributed by atoms with Gasteiger partial charge in [0, 0.05) is 0 Å². The molecule has 0 amide bonds. The van der Waals surface area contributed by atoms with E-state index in [4.69, 9.17) is 20.9 Å². The molecule has 0 aromatic heterocycles. The molecule has 0 aliphatic rings. The van der Waals surface area contributed by atoms with Crippen LogP contribution in [0.4, 0.5) is 0 Å². The topological polar surface area (TPSA) is 87.6 Å². The molecule has 4 N–H and O–H groups in total. The number of benzene rings is 1. The van der Waals surface area contributed by atoms with Gasteiger partial charge in [-0.05, 0) is 39.3 Å². The van der Waals surface area contributed by atoms with Gasteiger partial charge in [-0.2, -0.15) is 0 Å². The first-order valence-electron chi connectivity index (χ1n) is 7.11. The van der Waals surface area contributed by atoms with Crippen molar-refractivity contribution >= 4 is 5.97 Å². The second-order valence-corrected chi connectivity index (χ2v) is 6.18. The predicted octanol–water partition coefficient (Wildman–Crippen LogP) is 1.59. The first-order chi connectivity index (χ1) is 9.77. The molecule has 5 heteroatoms. The second kappa shape index (κ2) is 7.54. The van der Waals surface area contributed by atoms with Crippen LogP contribution in [0.5, 0.6) is 0 Å². The van der Waals surface area contributed by atoms with Crippen molar-refractivity contribution in [2.24, 2.45) is 11.5 Å². The average Bonchev–Trinajstić information content (AvgIpc) is 2.38. The van der Waals surface area contributed by atoms with Crippen LogP contribution in [0.3, 0.4) is 0 Å². The second-order valence-electron chi connectivity index (χ2n) is 6.18. The van der Waals surface area contributed by atoms with Gasteiger partial charge in [0.05, 0.1) is 13.2 Å². The highest BCUT2D eigenvalue weighted by atomic mass is 16.6. The van der Waals surface area contributed by atoms with Crippen molar-refractivity contribution < 1.29 is 14.3 Å². The number of hydrogen-bond donors (Lipinski definition) is 2. The fourth-order valence-corrected chi connectivity index (χ4v) is 1.80. The molecular weight excluding hydrogens is 268 g/mol. The summed E-state index contributed by atoms with van der Waals surface area (Å²) < 4.78 is 11.0. The maximum atomic E-state index is 12.2. The van der Waals surface area contributed by atoms with E-state index in [0.29, 0.717) is 19.6 Å². The number of ether oxygens (including phenoxy) is 2. The molecule has 1 unspecified atom stereocenters. The third kappa shape index (κ3) is 6.25. The number of hydrogen-bond acceptors (Lipinski definition) is 5. The van der Waals surface area contributed by atoms with Crippen LogP contribution >= 0.6 is 0 Å². The summed E-state index contributed by atoms with van der Waals surface area (Å²) in [5.41, 5.74) is 10.9. The Balaban J connectivity index is 2.61. The Morgan fingerprint density at radius 3 is 2.33 bits per heavy atom. The lowest BCUT2D eigenvalue weighted by Crippen LogP contribution is -2.55. The van der Waals surface area contributed by atoms with Gasteiger partial charge in [0.2, 0.25) is 0 Å². The minimum Gasteiger partial charge on any atom is -0.459 e. The van der Waals surface area contributed by atoms with Crippen molar-refractivity contribution in [2.45, 2.75) is 44.9 Å². The lowest BCUT2D eigenvalue weighted by atomic mass is 9.97. The van der Waals surface area contributed by atoms with Crippen LogP contribution < -0.4 is 11.5 Å². The van der Waals surface area contributed by atoms with Gasteiger partial charge in [-0.3, -0.25) is 0 Å². The zero-order chi connectivity index (χ0) is 15.9. The molecule has 0 saturated carbocycles.